The minimum Gasteiger partial charge on any atom is -0.507 e. The number of hydrogen-bond donors (Lipinski definition) is 1. The zero-order valence-electron chi connectivity index (χ0n) is 22.8. The molecule has 1 N–H and O–H groups in total. The van der Waals surface area contributed by atoms with E-state index in [1.165, 1.54) is 12.1 Å². The van der Waals surface area contributed by atoms with Gasteiger partial charge >= 0.3 is 0 Å². The molecule has 0 radical (unpaired) electrons. The number of fused-ring (bicyclic) bond motifs is 1. The van der Waals surface area contributed by atoms with Crippen LogP contribution in [0.15, 0.2) is 146 Å². The summed E-state index contributed by atoms with van der Waals surface area (Å²) in [5.41, 5.74) is 5.53. The third kappa shape index (κ3) is 4.31. The van der Waals surface area contributed by atoms with Crippen molar-refractivity contribution in [3.8, 4) is 28.1 Å². The van der Waals surface area contributed by atoms with Gasteiger partial charge in [0, 0.05) is 34.8 Å². The lowest BCUT2D eigenvalue weighted by atomic mass is 9.70. The van der Waals surface area contributed by atoms with E-state index in [2.05, 4.69) is 88.7 Å². The molecule has 2 heterocycles. The molecule has 0 saturated heterocycles. The Morgan fingerprint density at radius 3 is 2.14 bits per heavy atom. The molecule has 5 heteroatoms. The van der Waals surface area contributed by atoms with Crippen molar-refractivity contribution in [1.82, 2.24) is 14.8 Å². The predicted octanol–water partition coefficient (Wildman–Crippen LogP) is 8.53. The fourth-order valence-electron chi connectivity index (χ4n) is 6.19. The van der Waals surface area contributed by atoms with E-state index >= 15 is 0 Å². The van der Waals surface area contributed by atoms with Gasteiger partial charge in [-0.1, -0.05) is 91.0 Å². The Morgan fingerprint density at radius 1 is 0.786 bits per heavy atom. The van der Waals surface area contributed by atoms with Crippen molar-refractivity contribution in [2.24, 2.45) is 5.92 Å². The van der Waals surface area contributed by atoms with Crippen LogP contribution < -0.4 is 0 Å². The highest BCUT2D eigenvalue weighted by atomic mass is 19.1. The van der Waals surface area contributed by atoms with Gasteiger partial charge in [-0.05, 0) is 65.6 Å². The number of aromatic hydroxyl groups is 1. The summed E-state index contributed by atoms with van der Waals surface area (Å²) < 4.78 is 16.1. The Morgan fingerprint density at radius 2 is 1.48 bits per heavy atom. The van der Waals surface area contributed by atoms with Crippen LogP contribution in [0, 0.1) is 11.7 Å². The maximum Gasteiger partial charge on any atom is 0.126 e. The standard InChI is InChI=1S/C37H28FN3O/c38-31-19-16-26(17-20-31)36-33(27-18-21-34-32(24-27)35(42)22-23-39-34)25-41(40-36)37(28-10-4-1-5-11-28,29-12-6-2-7-13-29)30-14-8-3-9-15-30/h1-14,16-25,30H,15H2,(H,39,42). The molecule has 0 bridgehead atoms. The van der Waals surface area contributed by atoms with Crippen LogP contribution in [0.4, 0.5) is 4.39 Å². The van der Waals surface area contributed by atoms with Crippen LogP contribution in [-0.2, 0) is 5.54 Å². The van der Waals surface area contributed by atoms with Gasteiger partial charge in [-0.3, -0.25) is 9.67 Å². The lowest BCUT2D eigenvalue weighted by Crippen LogP contribution is -2.43. The average molecular weight is 550 g/mol. The molecule has 0 aliphatic heterocycles. The normalized spacial score (nSPS) is 14.8. The summed E-state index contributed by atoms with van der Waals surface area (Å²) in [5, 5.41) is 16.7. The third-order valence-electron chi connectivity index (χ3n) is 8.17. The molecule has 1 aliphatic rings. The van der Waals surface area contributed by atoms with E-state index in [0.717, 1.165) is 39.9 Å². The molecule has 2 aromatic heterocycles. The molecule has 0 amide bonds. The molecule has 204 valence electrons. The Hall–Kier alpha value is -5.29. The lowest BCUT2D eigenvalue weighted by Gasteiger charge is -2.41. The van der Waals surface area contributed by atoms with Crippen LogP contribution in [0.3, 0.4) is 0 Å². The van der Waals surface area contributed by atoms with E-state index in [-0.39, 0.29) is 17.5 Å². The van der Waals surface area contributed by atoms with E-state index in [4.69, 9.17) is 5.10 Å². The Balaban J connectivity index is 1.55. The summed E-state index contributed by atoms with van der Waals surface area (Å²) in [6, 6.07) is 34.9. The van der Waals surface area contributed by atoms with E-state index < -0.39 is 5.54 Å². The first-order valence-electron chi connectivity index (χ1n) is 14.0. The summed E-state index contributed by atoms with van der Waals surface area (Å²) in [5.74, 6) is -0.0749. The molecule has 1 unspecified atom stereocenters. The second kappa shape index (κ2) is 10.6. The van der Waals surface area contributed by atoms with E-state index in [1.807, 2.05) is 30.3 Å². The van der Waals surface area contributed by atoms with Crippen molar-refractivity contribution in [2.75, 3.05) is 0 Å². The number of allylic oxidation sites excluding steroid dienone is 4. The summed E-state index contributed by atoms with van der Waals surface area (Å²) in [6.45, 7) is 0. The number of halogens is 1. The minimum atomic E-state index is -0.683. The molecular weight excluding hydrogens is 521 g/mol. The summed E-state index contributed by atoms with van der Waals surface area (Å²) in [7, 11) is 0. The van der Waals surface area contributed by atoms with Crippen molar-refractivity contribution >= 4 is 10.9 Å². The summed E-state index contributed by atoms with van der Waals surface area (Å²) in [4.78, 5) is 4.42. The Bertz CT molecular complexity index is 1890. The highest BCUT2D eigenvalue weighted by molar-refractivity contribution is 5.91. The SMILES string of the molecule is Oc1ccnc2ccc(-c3cn(C(c4ccccc4)(c4ccccc4)C4C=CC=CC4)nc3-c3ccc(F)cc3)cc12. The van der Waals surface area contributed by atoms with E-state index in [9.17, 15) is 9.50 Å². The van der Waals surface area contributed by atoms with Crippen molar-refractivity contribution in [3.05, 3.63) is 163 Å². The Kier molecular flexibility index (Phi) is 6.48. The zero-order valence-corrected chi connectivity index (χ0v) is 22.8. The van der Waals surface area contributed by atoms with Gasteiger partial charge in [-0.15, -0.1) is 0 Å². The first kappa shape index (κ1) is 25.7. The predicted molar refractivity (Wildman–Crippen MR) is 165 cm³/mol. The summed E-state index contributed by atoms with van der Waals surface area (Å²) >= 11 is 0. The van der Waals surface area contributed by atoms with Crippen molar-refractivity contribution in [1.29, 1.82) is 0 Å². The highest BCUT2D eigenvalue weighted by Crippen LogP contribution is 2.46. The number of benzene rings is 4. The average Bonchev–Trinajstić information content (AvgIpc) is 3.49. The number of nitrogens with zero attached hydrogens (tertiary/aromatic N) is 3. The number of aromatic nitrogens is 3. The lowest BCUT2D eigenvalue weighted by molar-refractivity contribution is 0.293. The largest absolute Gasteiger partial charge is 0.507 e. The maximum absolute atomic E-state index is 14.1. The van der Waals surface area contributed by atoms with E-state index in [1.54, 1.807) is 24.4 Å². The molecule has 4 nitrogen and oxygen atoms in total. The van der Waals surface area contributed by atoms with Crippen LogP contribution in [0.2, 0.25) is 0 Å². The molecule has 1 aliphatic carbocycles. The van der Waals surface area contributed by atoms with Crippen LogP contribution in [-0.4, -0.2) is 19.9 Å². The van der Waals surface area contributed by atoms with Crippen LogP contribution in [0.5, 0.6) is 5.75 Å². The van der Waals surface area contributed by atoms with Crippen molar-refractivity contribution in [2.45, 2.75) is 12.0 Å². The topological polar surface area (TPSA) is 50.9 Å². The zero-order chi connectivity index (χ0) is 28.5. The molecule has 0 fully saturated rings. The first-order chi connectivity index (χ1) is 20.6. The van der Waals surface area contributed by atoms with Crippen molar-refractivity contribution in [3.63, 3.8) is 0 Å². The van der Waals surface area contributed by atoms with Crippen LogP contribution in [0.1, 0.15) is 17.5 Å². The molecule has 4 aromatic carbocycles. The van der Waals surface area contributed by atoms with Gasteiger partial charge < -0.3 is 5.11 Å². The second-order valence-electron chi connectivity index (χ2n) is 10.6. The van der Waals surface area contributed by atoms with Crippen LogP contribution >= 0.6 is 0 Å². The number of rotatable bonds is 6. The molecule has 1 atom stereocenters. The fraction of sp³-hybridized carbons (Fsp3) is 0.0811. The highest BCUT2D eigenvalue weighted by Gasteiger charge is 2.44. The third-order valence-corrected chi connectivity index (χ3v) is 8.17. The molecule has 0 spiro atoms. The number of pyridine rings is 1. The van der Waals surface area contributed by atoms with Crippen LogP contribution in [0.25, 0.3) is 33.3 Å². The van der Waals surface area contributed by atoms with Gasteiger partial charge in [0.2, 0.25) is 0 Å². The number of hydrogen-bond acceptors (Lipinski definition) is 3. The van der Waals surface area contributed by atoms with Gasteiger partial charge in [-0.25, -0.2) is 4.39 Å². The quantitative estimate of drug-likeness (QED) is 0.227. The molecule has 6 aromatic rings. The van der Waals surface area contributed by atoms with Gasteiger partial charge in [-0.2, -0.15) is 5.10 Å². The molecular formula is C37H28FN3O. The van der Waals surface area contributed by atoms with Crippen molar-refractivity contribution < 1.29 is 9.50 Å². The monoisotopic (exact) mass is 549 g/mol. The van der Waals surface area contributed by atoms with Gasteiger partial charge in [0.1, 0.15) is 22.8 Å². The first-order valence-corrected chi connectivity index (χ1v) is 14.0. The molecule has 0 saturated carbocycles. The smallest absolute Gasteiger partial charge is 0.126 e. The van der Waals surface area contributed by atoms with Gasteiger partial charge in [0.05, 0.1) is 5.52 Å². The second-order valence-corrected chi connectivity index (χ2v) is 10.6. The minimum absolute atomic E-state index is 0.0611. The molecule has 7 rings (SSSR count). The van der Waals surface area contributed by atoms with Gasteiger partial charge in [0.25, 0.3) is 0 Å². The van der Waals surface area contributed by atoms with E-state index in [0.29, 0.717) is 10.9 Å². The Labute approximate surface area is 243 Å². The summed E-state index contributed by atoms with van der Waals surface area (Å²) in [6.07, 6.45) is 13.2. The maximum atomic E-state index is 14.1. The van der Waals surface area contributed by atoms with Gasteiger partial charge in [0.15, 0.2) is 0 Å². The fourth-order valence-corrected chi connectivity index (χ4v) is 6.19. The molecule has 42 heavy (non-hydrogen) atoms.